The van der Waals surface area contributed by atoms with Gasteiger partial charge in [0.05, 0.1) is 6.42 Å². The molecule has 3 amide bonds. The SMILES string of the molecule is O=C1CCC(C(=O)NCCc2ccc3c(c2)CC(=O)N3)=NN1. The molecule has 0 spiro atoms. The van der Waals surface area contributed by atoms with Crippen molar-refractivity contribution in [1.29, 1.82) is 0 Å². The van der Waals surface area contributed by atoms with Gasteiger partial charge in [-0.1, -0.05) is 12.1 Å². The highest BCUT2D eigenvalue weighted by Gasteiger charge is 2.19. The van der Waals surface area contributed by atoms with Crippen molar-refractivity contribution in [1.82, 2.24) is 10.7 Å². The van der Waals surface area contributed by atoms with E-state index in [9.17, 15) is 14.4 Å². The molecule has 2 heterocycles. The van der Waals surface area contributed by atoms with E-state index in [-0.39, 0.29) is 24.1 Å². The number of benzene rings is 1. The van der Waals surface area contributed by atoms with Crippen LogP contribution in [0.3, 0.4) is 0 Å². The van der Waals surface area contributed by atoms with Crippen molar-refractivity contribution < 1.29 is 14.4 Å². The van der Waals surface area contributed by atoms with Gasteiger partial charge in [0.1, 0.15) is 5.71 Å². The summed E-state index contributed by atoms with van der Waals surface area (Å²) in [6.07, 6.45) is 1.74. The number of fused-ring (bicyclic) bond motifs is 1. The van der Waals surface area contributed by atoms with Crippen molar-refractivity contribution >= 4 is 29.1 Å². The third-order valence-corrected chi connectivity index (χ3v) is 3.66. The van der Waals surface area contributed by atoms with E-state index in [4.69, 9.17) is 0 Å². The Kier molecular flexibility index (Phi) is 3.86. The molecule has 114 valence electrons. The maximum Gasteiger partial charge on any atom is 0.267 e. The van der Waals surface area contributed by atoms with E-state index in [2.05, 4.69) is 21.2 Å². The van der Waals surface area contributed by atoms with E-state index < -0.39 is 0 Å². The number of hydrogen-bond acceptors (Lipinski definition) is 4. The number of rotatable bonds is 4. The quantitative estimate of drug-likeness (QED) is 0.735. The lowest BCUT2D eigenvalue weighted by Crippen LogP contribution is -2.37. The summed E-state index contributed by atoms with van der Waals surface area (Å²) in [5, 5.41) is 9.33. The van der Waals surface area contributed by atoms with Crippen molar-refractivity contribution in [3.8, 4) is 0 Å². The molecule has 0 saturated carbocycles. The summed E-state index contributed by atoms with van der Waals surface area (Å²) in [5.41, 5.74) is 5.58. The van der Waals surface area contributed by atoms with Gasteiger partial charge >= 0.3 is 0 Å². The van der Waals surface area contributed by atoms with Gasteiger partial charge < -0.3 is 10.6 Å². The van der Waals surface area contributed by atoms with Crippen LogP contribution >= 0.6 is 0 Å². The number of hydrazone groups is 1. The summed E-state index contributed by atoms with van der Waals surface area (Å²) >= 11 is 0. The number of anilines is 1. The first-order valence-electron chi connectivity index (χ1n) is 7.17. The van der Waals surface area contributed by atoms with Gasteiger partial charge in [0.15, 0.2) is 0 Å². The molecule has 0 aliphatic carbocycles. The first kappa shape index (κ1) is 14.2. The van der Waals surface area contributed by atoms with Crippen LogP contribution in [0.25, 0.3) is 0 Å². The number of nitrogens with zero attached hydrogens (tertiary/aromatic N) is 1. The van der Waals surface area contributed by atoms with E-state index in [1.165, 1.54) is 0 Å². The Morgan fingerprint density at radius 2 is 2.09 bits per heavy atom. The Hall–Kier alpha value is -2.70. The average Bonchev–Trinajstić information content (AvgIpc) is 2.87. The molecule has 2 aliphatic heterocycles. The fourth-order valence-corrected chi connectivity index (χ4v) is 2.50. The van der Waals surface area contributed by atoms with Crippen LogP contribution in [0.5, 0.6) is 0 Å². The molecule has 2 aliphatic rings. The Labute approximate surface area is 127 Å². The Bertz CT molecular complexity index is 681. The second kappa shape index (κ2) is 5.97. The van der Waals surface area contributed by atoms with Gasteiger partial charge in [-0.2, -0.15) is 5.10 Å². The molecule has 0 unspecified atom stereocenters. The molecule has 0 fully saturated rings. The third kappa shape index (κ3) is 3.13. The number of amides is 3. The van der Waals surface area contributed by atoms with Crippen LogP contribution in [-0.2, 0) is 27.2 Å². The second-order valence-corrected chi connectivity index (χ2v) is 5.32. The zero-order valence-corrected chi connectivity index (χ0v) is 11.9. The van der Waals surface area contributed by atoms with Crippen molar-refractivity contribution in [2.45, 2.75) is 25.7 Å². The molecule has 0 bridgehead atoms. The molecule has 0 atom stereocenters. The van der Waals surface area contributed by atoms with Crippen molar-refractivity contribution in [3.05, 3.63) is 29.3 Å². The monoisotopic (exact) mass is 300 g/mol. The van der Waals surface area contributed by atoms with Crippen molar-refractivity contribution in [2.24, 2.45) is 5.10 Å². The normalized spacial score (nSPS) is 16.5. The lowest BCUT2D eigenvalue weighted by Gasteiger charge is -2.12. The summed E-state index contributed by atoms with van der Waals surface area (Å²) in [6, 6.07) is 5.81. The van der Waals surface area contributed by atoms with Crippen LogP contribution in [0.1, 0.15) is 24.0 Å². The zero-order valence-electron chi connectivity index (χ0n) is 11.9. The minimum atomic E-state index is -0.252. The maximum atomic E-state index is 11.9. The smallest absolute Gasteiger partial charge is 0.267 e. The van der Waals surface area contributed by atoms with Gasteiger partial charge in [0.2, 0.25) is 11.8 Å². The van der Waals surface area contributed by atoms with Gasteiger partial charge in [-0.05, 0) is 23.6 Å². The van der Waals surface area contributed by atoms with Crippen LogP contribution < -0.4 is 16.1 Å². The Morgan fingerprint density at radius 1 is 1.23 bits per heavy atom. The van der Waals surface area contributed by atoms with Crippen LogP contribution in [0.15, 0.2) is 23.3 Å². The summed E-state index contributed by atoms with van der Waals surface area (Å²) in [5.74, 6) is -0.409. The first-order valence-corrected chi connectivity index (χ1v) is 7.17. The number of hydrogen-bond donors (Lipinski definition) is 3. The van der Waals surface area contributed by atoms with Crippen LogP contribution in [0.4, 0.5) is 5.69 Å². The highest BCUT2D eigenvalue weighted by atomic mass is 16.2. The minimum absolute atomic E-state index is 0.0119. The highest BCUT2D eigenvalue weighted by molar-refractivity contribution is 6.39. The predicted molar refractivity (Wildman–Crippen MR) is 80.3 cm³/mol. The molecule has 3 N–H and O–H groups in total. The molecular weight excluding hydrogens is 284 g/mol. The topological polar surface area (TPSA) is 99.7 Å². The second-order valence-electron chi connectivity index (χ2n) is 5.32. The summed E-state index contributed by atoms with van der Waals surface area (Å²) in [4.78, 5) is 34.1. The minimum Gasteiger partial charge on any atom is -0.351 e. The molecule has 22 heavy (non-hydrogen) atoms. The fourth-order valence-electron chi connectivity index (χ4n) is 2.50. The lowest BCUT2D eigenvalue weighted by atomic mass is 10.1. The zero-order chi connectivity index (χ0) is 15.5. The average molecular weight is 300 g/mol. The first-order chi connectivity index (χ1) is 10.6. The van der Waals surface area contributed by atoms with Gasteiger partial charge in [0, 0.05) is 25.1 Å². The van der Waals surface area contributed by atoms with Crippen molar-refractivity contribution in [2.75, 3.05) is 11.9 Å². The van der Waals surface area contributed by atoms with E-state index in [1.54, 1.807) is 0 Å². The van der Waals surface area contributed by atoms with Crippen LogP contribution in [0.2, 0.25) is 0 Å². The van der Waals surface area contributed by atoms with Gasteiger partial charge in [-0.3, -0.25) is 14.4 Å². The van der Waals surface area contributed by atoms with E-state index in [0.29, 0.717) is 31.5 Å². The third-order valence-electron chi connectivity index (χ3n) is 3.66. The van der Waals surface area contributed by atoms with Crippen molar-refractivity contribution in [3.63, 3.8) is 0 Å². The highest BCUT2D eigenvalue weighted by Crippen LogP contribution is 2.23. The predicted octanol–water partition coefficient (Wildman–Crippen LogP) is 0.106. The number of nitrogens with one attached hydrogen (secondary N) is 3. The Balaban J connectivity index is 1.51. The molecule has 7 nitrogen and oxygen atoms in total. The van der Waals surface area contributed by atoms with E-state index >= 15 is 0 Å². The molecular formula is C15H16N4O3. The standard InChI is InChI=1S/C15H16N4O3/c20-13-4-3-12(18-19-13)15(22)16-6-5-9-1-2-11-10(7-9)8-14(21)17-11/h1-2,7H,3-6,8H2,(H,16,22)(H,17,21)(H,19,20). The molecule has 1 aromatic rings. The summed E-state index contributed by atoms with van der Waals surface area (Å²) < 4.78 is 0. The molecule has 3 rings (SSSR count). The number of carbonyl (C=O) groups excluding carboxylic acids is 3. The van der Waals surface area contributed by atoms with Gasteiger partial charge in [0.25, 0.3) is 5.91 Å². The number of carbonyl (C=O) groups is 3. The molecule has 0 aromatic heterocycles. The van der Waals surface area contributed by atoms with E-state index in [0.717, 1.165) is 16.8 Å². The molecule has 0 radical (unpaired) electrons. The largest absolute Gasteiger partial charge is 0.351 e. The van der Waals surface area contributed by atoms with Crippen LogP contribution in [-0.4, -0.2) is 30.0 Å². The maximum absolute atomic E-state index is 11.9. The lowest BCUT2D eigenvalue weighted by molar-refractivity contribution is -0.121. The van der Waals surface area contributed by atoms with Gasteiger partial charge in [-0.25, -0.2) is 5.43 Å². The fraction of sp³-hybridized carbons (Fsp3) is 0.333. The molecule has 7 heteroatoms. The van der Waals surface area contributed by atoms with E-state index in [1.807, 2.05) is 18.2 Å². The van der Waals surface area contributed by atoms with Crippen LogP contribution in [0, 0.1) is 0 Å². The molecule has 0 saturated heterocycles. The molecule has 1 aromatic carbocycles. The van der Waals surface area contributed by atoms with Gasteiger partial charge in [-0.15, -0.1) is 0 Å². The summed E-state index contributed by atoms with van der Waals surface area (Å²) in [7, 11) is 0. The summed E-state index contributed by atoms with van der Waals surface area (Å²) in [6.45, 7) is 0.478. The Morgan fingerprint density at radius 3 is 2.86 bits per heavy atom.